The third-order valence-electron chi connectivity index (χ3n) is 3.59. The second-order valence-electron chi connectivity index (χ2n) is 4.72. The second-order valence-corrected chi connectivity index (χ2v) is 4.72. The van der Waals surface area contributed by atoms with Gasteiger partial charge in [0, 0.05) is 0 Å². The van der Waals surface area contributed by atoms with Gasteiger partial charge in [-0.3, -0.25) is 0 Å². The number of aryl methyl sites for hydroxylation is 3. The van der Waals surface area contributed by atoms with Crippen molar-refractivity contribution in [2.45, 2.75) is 53.9 Å². The van der Waals surface area contributed by atoms with Crippen molar-refractivity contribution in [1.82, 2.24) is 0 Å². The van der Waals surface area contributed by atoms with Gasteiger partial charge in [0.2, 0.25) is 0 Å². The molecule has 0 spiro atoms. The Labute approximate surface area is 124 Å². The fraction of sp³-hybridized carbons (Fsp3) is 0.400. The maximum absolute atomic E-state index is 2.38. The van der Waals surface area contributed by atoms with Gasteiger partial charge in [-0.05, 0) is 47.1 Å². The molecule has 0 aromatic heterocycles. The van der Waals surface area contributed by atoms with Crippen LogP contribution in [0.3, 0.4) is 0 Å². The van der Waals surface area contributed by atoms with Crippen LogP contribution in [0.4, 0.5) is 0 Å². The van der Waals surface area contributed by atoms with Crippen molar-refractivity contribution in [3.05, 3.63) is 59.2 Å². The van der Waals surface area contributed by atoms with Crippen LogP contribution in [0.15, 0.2) is 42.5 Å². The van der Waals surface area contributed by atoms with Crippen LogP contribution in [-0.2, 0) is 19.3 Å². The van der Waals surface area contributed by atoms with Crippen molar-refractivity contribution in [3.63, 3.8) is 0 Å². The molecule has 2 rings (SSSR count). The number of hydrogen-bond donors (Lipinski definition) is 0. The average Bonchev–Trinajstić information content (AvgIpc) is 2.56. The van der Waals surface area contributed by atoms with Crippen molar-refractivity contribution in [2.75, 3.05) is 0 Å². The van der Waals surface area contributed by atoms with E-state index in [1.54, 1.807) is 0 Å². The molecule has 0 atom stereocenters. The molecule has 0 heterocycles. The van der Waals surface area contributed by atoms with Gasteiger partial charge in [0.15, 0.2) is 0 Å². The van der Waals surface area contributed by atoms with E-state index in [4.69, 9.17) is 0 Å². The van der Waals surface area contributed by atoms with Gasteiger partial charge in [0.1, 0.15) is 0 Å². The fourth-order valence-corrected chi connectivity index (χ4v) is 2.58. The Balaban J connectivity index is 0.000000956. The Morgan fingerprint density at radius 2 is 1.20 bits per heavy atom. The van der Waals surface area contributed by atoms with Gasteiger partial charge >= 0.3 is 0 Å². The van der Waals surface area contributed by atoms with Crippen molar-refractivity contribution >= 4 is 0 Å². The minimum atomic E-state index is 1.10. The van der Waals surface area contributed by atoms with Gasteiger partial charge in [-0.15, -0.1) is 0 Å². The van der Waals surface area contributed by atoms with Gasteiger partial charge < -0.3 is 0 Å². The summed E-state index contributed by atoms with van der Waals surface area (Å²) in [7, 11) is 0. The van der Waals surface area contributed by atoms with Crippen LogP contribution in [0.2, 0.25) is 0 Å². The molecular weight excluding hydrogens is 240 g/mol. The zero-order valence-corrected chi connectivity index (χ0v) is 13.7. The van der Waals surface area contributed by atoms with Crippen LogP contribution in [0.1, 0.15) is 51.3 Å². The van der Waals surface area contributed by atoms with Crippen LogP contribution in [0, 0.1) is 0 Å². The van der Waals surface area contributed by atoms with Gasteiger partial charge in [-0.1, -0.05) is 77.1 Å². The lowest BCUT2D eigenvalue weighted by Crippen LogP contribution is -1.97. The summed E-state index contributed by atoms with van der Waals surface area (Å²) in [4.78, 5) is 0. The lowest BCUT2D eigenvalue weighted by atomic mass is 9.89. The maximum Gasteiger partial charge on any atom is -0.0120 e. The number of benzene rings is 2. The Morgan fingerprint density at radius 3 is 1.60 bits per heavy atom. The molecule has 2 aromatic carbocycles. The molecule has 0 bridgehead atoms. The Bertz CT molecular complexity index is 484. The highest BCUT2D eigenvalue weighted by molar-refractivity contribution is 5.71. The van der Waals surface area contributed by atoms with E-state index in [2.05, 4.69) is 63.2 Å². The first-order valence-corrected chi connectivity index (χ1v) is 8.00. The molecule has 0 aliphatic heterocycles. The Kier molecular flexibility index (Phi) is 7.08. The third kappa shape index (κ3) is 3.72. The lowest BCUT2D eigenvalue weighted by Gasteiger charge is -2.15. The predicted molar refractivity (Wildman–Crippen MR) is 91.4 cm³/mol. The van der Waals surface area contributed by atoms with Gasteiger partial charge in [0.25, 0.3) is 0 Å². The summed E-state index contributed by atoms with van der Waals surface area (Å²) in [5.41, 5.74) is 7.24. The molecule has 0 saturated heterocycles. The van der Waals surface area contributed by atoms with E-state index in [0.717, 1.165) is 19.3 Å². The molecule has 0 fully saturated rings. The summed E-state index contributed by atoms with van der Waals surface area (Å²) < 4.78 is 0. The quantitative estimate of drug-likeness (QED) is 0.631. The van der Waals surface area contributed by atoms with Crippen LogP contribution in [-0.4, -0.2) is 0 Å². The maximum atomic E-state index is 2.38. The van der Waals surface area contributed by atoms with E-state index in [9.17, 15) is 0 Å². The van der Waals surface area contributed by atoms with Crippen LogP contribution in [0.25, 0.3) is 11.1 Å². The smallest absolute Gasteiger partial charge is 0.0120 e. The molecule has 0 N–H and O–H groups in total. The summed E-state index contributed by atoms with van der Waals surface area (Å²) in [6.45, 7) is 10.7. The number of rotatable bonds is 4. The van der Waals surface area contributed by atoms with Crippen molar-refractivity contribution in [1.29, 1.82) is 0 Å². The molecule has 0 saturated carbocycles. The molecule has 0 aliphatic rings. The SMILES string of the molecule is CC.CCc1cc(CC)c(-c2ccccc2)c(CC)c1. The van der Waals surface area contributed by atoms with Gasteiger partial charge in [0.05, 0.1) is 0 Å². The van der Waals surface area contributed by atoms with E-state index in [1.807, 2.05) is 13.8 Å². The fourth-order valence-electron chi connectivity index (χ4n) is 2.58. The van der Waals surface area contributed by atoms with E-state index < -0.39 is 0 Å². The zero-order valence-electron chi connectivity index (χ0n) is 13.7. The zero-order chi connectivity index (χ0) is 15.0. The van der Waals surface area contributed by atoms with Crippen molar-refractivity contribution in [3.8, 4) is 11.1 Å². The molecular formula is C20H28. The standard InChI is InChI=1S/C18H22.C2H6/c1-4-14-12-15(5-2)18(16(6-3)13-14)17-10-8-7-9-11-17;1-2/h7-13H,4-6H2,1-3H3;1-2H3. The average molecular weight is 268 g/mol. The summed E-state index contributed by atoms with van der Waals surface area (Å²) in [5, 5.41) is 0. The van der Waals surface area contributed by atoms with Crippen LogP contribution < -0.4 is 0 Å². The molecule has 20 heavy (non-hydrogen) atoms. The molecule has 0 heteroatoms. The highest BCUT2D eigenvalue weighted by atomic mass is 14.1. The monoisotopic (exact) mass is 268 g/mol. The highest BCUT2D eigenvalue weighted by Gasteiger charge is 2.10. The summed E-state index contributed by atoms with van der Waals surface area (Å²) in [6, 6.07) is 15.5. The Morgan fingerprint density at radius 1 is 0.700 bits per heavy atom. The van der Waals surface area contributed by atoms with Gasteiger partial charge in [-0.25, -0.2) is 0 Å². The topological polar surface area (TPSA) is 0 Å². The summed E-state index contributed by atoms with van der Waals surface area (Å²) in [5.74, 6) is 0. The molecule has 0 aliphatic carbocycles. The van der Waals surface area contributed by atoms with E-state index in [-0.39, 0.29) is 0 Å². The van der Waals surface area contributed by atoms with E-state index in [1.165, 1.54) is 27.8 Å². The van der Waals surface area contributed by atoms with E-state index in [0.29, 0.717) is 0 Å². The summed E-state index contributed by atoms with van der Waals surface area (Å²) in [6.07, 6.45) is 3.32. The number of hydrogen-bond acceptors (Lipinski definition) is 0. The van der Waals surface area contributed by atoms with Crippen molar-refractivity contribution in [2.24, 2.45) is 0 Å². The lowest BCUT2D eigenvalue weighted by molar-refractivity contribution is 1.05. The third-order valence-corrected chi connectivity index (χ3v) is 3.59. The molecule has 0 radical (unpaired) electrons. The first kappa shape index (κ1) is 16.5. The molecule has 108 valence electrons. The second kappa shape index (κ2) is 8.58. The first-order valence-electron chi connectivity index (χ1n) is 8.00. The van der Waals surface area contributed by atoms with Crippen LogP contribution >= 0.6 is 0 Å². The van der Waals surface area contributed by atoms with Gasteiger partial charge in [-0.2, -0.15) is 0 Å². The van der Waals surface area contributed by atoms with Crippen molar-refractivity contribution < 1.29 is 0 Å². The minimum Gasteiger partial charge on any atom is -0.0683 e. The minimum absolute atomic E-state index is 1.10. The first-order chi connectivity index (χ1) is 9.80. The molecule has 0 unspecified atom stereocenters. The molecule has 2 aromatic rings. The largest absolute Gasteiger partial charge is 0.0683 e. The van der Waals surface area contributed by atoms with E-state index >= 15 is 0 Å². The molecule has 0 amide bonds. The predicted octanol–water partition coefficient (Wildman–Crippen LogP) is 6.07. The normalized spacial score (nSPS) is 9.85. The highest BCUT2D eigenvalue weighted by Crippen LogP contribution is 2.30. The van der Waals surface area contributed by atoms with Crippen LogP contribution in [0.5, 0.6) is 0 Å². The Hall–Kier alpha value is -1.56. The molecule has 0 nitrogen and oxygen atoms in total. The summed E-state index contributed by atoms with van der Waals surface area (Å²) >= 11 is 0.